The minimum atomic E-state index is -1.59. The summed E-state index contributed by atoms with van der Waals surface area (Å²) >= 11 is 6.04. The Balaban J connectivity index is 2.24. The zero-order valence-corrected chi connectivity index (χ0v) is 11.6. The minimum absolute atomic E-state index is 0.140. The number of hydrogen-bond acceptors (Lipinski definition) is 3. The third kappa shape index (κ3) is 3.29. The number of piperidine rings is 1. The second-order valence-electron chi connectivity index (χ2n) is 5.11. The number of rotatable bonds is 2. The molecule has 19 heavy (non-hydrogen) atoms. The van der Waals surface area contributed by atoms with Crippen molar-refractivity contribution in [1.29, 1.82) is 0 Å². The summed E-state index contributed by atoms with van der Waals surface area (Å²) in [6.45, 7) is 3.57. The largest absolute Gasteiger partial charge is 0.488 e. The molecule has 102 valence electrons. The van der Waals surface area contributed by atoms with Crippen molar-refractivity contribution in [2.24, 2.45) is 5.92 Å². The van der Waals surface area contributed by atoms with Gasteiger partial charge in [-0.1, -0.05) is 24.6 Å². The summed E-state index contributed by atoms with van der Waals surface area (Å²) in [5.41, 5.74) is 0.610. The fourth-order valence-electron chi connectivity index (χ4n) is 2.41. The van der Waals surface area contributed by atoms with Gasteiger partial charge in [0, 0.05) is 13.1 Å². The second-order valence-corrected chi connectivity index (χ2v) is 5.52. The SMILES string of the molecule is CC1CCCN(C(=O)c2cc(B(O)O)ccc2Cl)C1. The monoisotopic (exact) mass is 281 g/mol. The molecule has 1 atom stereocenters. The average molecular weight is 282 g/mol. The van der Waals surface area contributed by atoms with Gasteiger partial charge in [0.15, 0.2) is 0 Å². The molecule has 1 aromatic rings. The number of benzene rings is 1. The Morgan fingerprint density at radius 1 is 1.47 bits per heavy atom. The molecule has 1 saturated heterocycles. The Morgan fingerprint density at radius 2 is 2.21 bits per heavy atom. The van der Waals surface area contributed by atoms with Gasteiger partial charge < -0.3 is 14.9 Å². The molecule has 1 unspecified atom stereocenters. The third-order valence-electron chi connectivity index (χ3n) is 3.46. The van der Waals surface area contributed by atoms with Crippen molar-refractivity contribution < 1.29 is 14.8 Å². The lowest BCUT2D eigenvalue weighted by molar-refractivity contribution is 0.0683. The Morgan fingerprint density at radius 3 is 2.84 bits per heavy atom. The highest BCUT2D eigenvalue weighted by Crippen LogP contribution is 2.21. The summed E-state index contributed by atoms with van der Waals surface area (Å²) in [6, 6.07) is 4.48. The molecule has 0 spiro atoms. The van der Waals surface area contributed by atoms with Crippen molar-refractivity contribution in [2.75, 3.05) is 13.1 Å². The Hall–Kier alpha value is -1.04. The van der Waals surface area contributed by atoms with Gasteiger partial charge in [0.25, 0.3) is 5.91 Å². The van der Waals surface area contributed by atoms with E-state index >= 15 is 0 Å². The molecule has 0 bridgehead atoms. The van der Waals surface area contributed by atoms with E-state index in [0.29, 0.717) is 16.5 Å². The van der Waals surface area contributed by atoms with Gasteiger partial charge in [0.1, 0.15) is 0 Å². The lowest BCUT2D eigenvalue weighted by Gasteiger charge is -2.31. The van der Waals surface area contributed by atoms with E-state index in [1.165, 1.54) is 18.2 Å². The molecule has 1 aliphatic heterocycles. The van der Waals surface area contributed by atoms with Crippen molar-refractivity contribution in [2.45, 2.75) is 19.8 Å². The molecule has 4 nitrogen and oxygen atoms in total. The molecule has 1 heterocycles. The molecule has 0 radical (unpaired) electrons. The maximum absolute atomic E-state index is 12.4. The fraction of sp³-hybridized carbons (Fsp3) is 0.462. The number of halogens is 1. The molecule has 2 rings (SSSR count). The summed E-state index contributed by atoms with van der Waals surface area (Å²) < 4.78 is 0. The number of likely N-dealkylation sites (tertiary alicyclic amines) is 1. The predicted octanol–water partition coefficient (Wildman–Crippen LogP) is 0.892. The molecule has 1 amide bonds. The van der Waals surface area contributed by atoms with Gasteiger partial charge in [-0.25, -0.2) is 0 Å². The van der Waals surface area contributed by atoms with Crippen LogP contribution >= 0.6 is 11.6 Å². The number of carbonyl (C=O) groups excluding carboxylic acids is 1. The first-order valence-electron chi connectivity index (χ1n) is 6.44. The molecule has 0 saturated carbocycles. The van der Waals surface area contributed by atoms with Crippen LogP contribution in [0.25, 0.3) is 0 Å². The van der Waals surface area contributed by atoms with Crippen LogP contribution in [0.1, 0.15) is 30.1 Å². The van der Waals surface area contributed by atoms with Gasteiger partial charge in [0.05, 0.1) is 10.6 Å². The van der Waals surface area contributed by atoms with Gasteiger partial charge in [-0.3, -0.25) is 4.79 Å². The average Bonchev–Trinajstić information content (AvgIpc) is 2.38. The zero-order chi connectivity index (χ0) is 14.0. The van der Waals surface area contributed by atoms with Crippen LogP contribution in [-0.4, -0.2) is 41.1 Å². The molecule has 0 aromatic heterocycles. The van der Waals surface area contributed by atoms with Crippen LogP contribution in [0, 0.1) is 5.92 Å². The number of nitrogens with zero attached hydrogens (tertiary/aromatic N) is 1. The van der Waals surface area contributed by atoms with Crippen LogP contribution in [0.15, 0.2) is 18.2 Å². The Labute approximate surface area is 118 Å². The second kappa shape index (κ2) is 5.95. The van der Waals surface area contributed by atoms with E-state index < -0.39 is 7.12 Å². The highest BCUT2D eigenvalue weighted by atomic mass is 35.5. The number of carbonyl (C=O) groups is 1. The maximum atomic E-state index is 12.4. The van der Waals surface area contributed by atoms with Crippen LogP contribution in [-0.2, 0) is 0 Å². The third-order valence-corrected chi connectivity index (χ3v) is 3.79. The quantitative estimate of drug-likeness (QED) is 0.792. The topological polar surface area (TPSA) is 60.8 Å². The Kier molecular flexibility index (Phi) is 4.50. The highest BCUT2D eigenvalue weighted by Gasteiger charge is 2.24. The first kappa shape index (κ1) is 14.4. The van der Waals surface area contributed by atoms with Crippen LogP contribution in [0.4, 0.5) is 0 Å². The zero-order valence-electron chi connectivity index (χ0n) is 10.8. The summed E-state index contributed by atoms with van der Waals surface area (Å²) in [4.78, 5) is 14.2. The highest BCUT2D eigenvalue weighted by molar-refractivity contribution is 6.58. The van der Waals surface area contributed by atoms with E-state index in [-0.39, 0.29) is 11.4 Å². The summed E-state index contributed by atoms with van der Waals surface area (Å²) in [5, 5.41) is 18.7. The standard InChI is InChI=1S/C13H17BClNO3/c1-9-3-2-6-16(8-9)13(17)11-7-10(14(18)19)4-5-12(11)15/h4-5,7,9,18-19H,2-3,6,8H2,1H3. The van der Waals surface area contributed by atoms with Crippen molar-refractivity contribution in [1.82, 2.24) is 4.90 Å². The van der Waals surface area contributed by atoms with E-state index in [1.54, 1.807) is 4.90 Å². The van der Waals surface area contributed by atoms with E-state index in [1.807, 2.05) is 0 Å². The summed E-state index contributed by atoms with van der Waals surface area (Å²) in [6.07, 6.45) is 2.12. The van der Waals surface area contributed by atoms with Crippen LogP contribution in [0.2, 0.25) is 5.02 Å². The molecular weight excluding hydrogens is 264 g/mol. The molecule has 1 fully saturated rings. The molecule has 2 N–H and O–H groups in total. The molecule has 0 aliphatic carbocycles. The normalized spacial score (nSPS) is 19.4. The van der Waals surface area contributed by atoms with E-state index in [9.17, 15) is 4.79 Å². The fourth-order valence-corrected chi connectivity index (χ4v) is 2.61. The summed E-state index contributed by atoms with van der Waals surface area (Å²) in [5.74, 6) is 0.349. The van der Waals surface area contributed by atoms with Crippen molar-refractivity contribution >= 4 is 30.1 Å². The minimum Gasteiger partial charge on any atom is -0.423 e. The van der Waals surface area contributed by atoms with Gasteiger partial charge in [-0.05, 0) is 36.4 Å². The van der Waals surface area contributed by atoms with E-state index in [2.05, 4.69) is 6.92 Å². The molecular formula is C13H17BClNO3. The predicted molar refractivity (Wildman–Crippen MR) is 75.6 cm³/mol. The number of amides is 1. The van der Waals surface area contributed by atoms with Crippen LogP contribution in [0.3, 0.4) is 0 Å². The van der Waals surface area contributed by atoms with Gasteiger partial charge in [-0.2, -0.15) is 0 Å². The Bertz CT molecular complexity index is 481. The number of hydrogen-bond donors (Lipinski definition) is 2. The van der Waals surface area contributed by atoms with Crippen molar-refractivity contribution in [3.8, 4) is 0 Å². The smallest absolute Gasteiger partial charge is 0.423 e. The van der Waals surface area contributed by atoms with Crippen molar-refractivity contribution in [3.63, 3.8) is 0 Å². The van der Waals surface area contributed by atoms with Gasteiger partial charge in [0.2, 0.25) is 0 Å². The molecule has 1 aromatic carbocycles. The lowest BCUT2D eigenvalue weighted by atomic mass is 9.79. The molecule has 1 aliphatic rings. The molecule has 6 heteroatoms. The van der Waals surface area contributed by atoms with E-state index in [4.69, 9.17) is 21.6 Å². The first-order chi connectivity index (χ1) is 8.99. The van der Waals surface area contributed by atoms with Crippen molar-refractivity contribution in [3.05, 3.63) is 28.8 Å². The lowest BCUT2D eigenvalue weighted by Crippen LogP contribution is -2.40. The maximum Gasteiger partial charge on any atom is 0.488 e. The summed E-state index contributed by atoms with van der Waals surface area (Å²) in [7, 11) is -1.59. The first-order valence-corrected chi connectivity index (χ1v) is 6.81. The van der Waals surface area contributed by atoms with Crippen LogP contribution < -0.4 is 5.46 Å². The van der Waals surface area contributed by atoms with Gasteiger partial charge in [-0.15, -0.1) is 0 Å². The van der Waals surface area contributed by atoms with Gasteiger partial charge >= 0.3 is 7.12 Å². The van der Waals surface area contributed by atoms with Crippen LogP contribution in [0.5, 0.6) is 0 Å². The van der Waals surface area contributed by atoms with E-state index in [0.717, 1.165) is 25.9 Å².